The van der Waals surface area contributed by atoms with E-state index in [9.17, 15) is 10.2 Å². The van der Waals surface area contributed by atoms with E-state index < -0.39 is 0 Å². The molecule has 5 heteroatoms. The lowest BCUT2D eigenvalue weighted by Gasteiger charge is -2.41. The lowest BCUT2D eigenvalue weighted by Crippen LogP contribution is -2.38. The molecule has 0 bridgehead atoms. The predicted octanol–water partition coefficient (Wildman–Crippen LogP) is 3.42. The van der Waals surface area contributed by atoms with Crippen LogP contribution in [0.15, 0.2) is 30.9 Å². The first-order valence-electron chi connectivity index (χ1n) is 8.77. The number of phenols is 2. The van der Waals surface area contributed by atoms with Gasteiger partial charge in [0.05, 0.1) is 14.2 Å². The standard InChI is InChI=1S/C21H23NO4/c1-4-6-22-7-5-12-10-18(26-3)21(24)20-14-11-17(25-2)16(23)9-13(14)8-15(22)19(12)20/h4,9-11,15,23-24H,1,5-8H2,2-3H3. The van der Waals surface area contributed by atoms with Gasteiger partial charge in [0, 0.05) is 24.7 Å². The summed E-state index contributed by atoms with van der Waals surface area (Å²) in [5.41, 5.74) is 5.03. The van der Waals surface area contributed by atoms with Crippen molar-refractivity contribution in [2.45, 2.75) is 18.9 Å². The van der Waals surface area contributed by atoms with E-state index in [4.69, 9.17) is 9.47 Å². The molecule has 1 aliphatic heterocycles. The summed E-state index contributed by atoms with van der Waals surface area (Å²) in [6.07, 6.45) is 3.58. The zero-order valence-corrected chi connectivity index (χ0v) is 15.1. The summed E-state index contributed by atoms with van der Waals surface area (Å²) in [7, 11) is 3.10. The molecule has 26 heavy (non-hydrogen) atoms. The van der Waals surface area contributed by atoms with Gasteiger partial charge in [0.1, 0.15) is 0 Å². The Hall–Kier alpha value is -2.66. The second-order valence-electron chi connectivity index (χ2n) is 6.81. The number of nitrogens with zero attached hydrogens (tertiary/aromatic N) is 1. The van der Waals surface area contributed by atoms with Gasteiger partial charge in [-0.05, 0) is 53.3 Å². The van der Waals surface area contributed by atoms with E-state index in [0.29, 0.717) is 11.5 Å². The molecule has 1 unspecified atom stereocenters. The molecule has 0 saturated carbocycles. The molecule has 2 aromatic carbocycles. The van der Waals surface area contributed by atoms with Gasteiger partial charge in [-0.15, -0.1) is 6.58 Å². The molecule has 0 fully saturated rings. The molecule has 1 heterocycles. The number of fused-ring (bicyclic) bond motifs is 2. The number of phenolic OH excluding ortho intramolecular Hbond substituents is 2. The first-order chi connectivity index (χ1) is 12.6. The van der Waals surface area contributed by atoms with Crippen molar-refractivity contribution in [1.29, 1.82) is 0 Å². The molecule has 5 nitrogen and oxygen atoms in total. The van der Waals surface area contributed by atoms with Crippen LogP contribution < -0.4 is 9.47 Å². The lowest BCUT2D eigenvalue weighted by molar-refractivity contribution is 0.202. The van der Waals surface area contributed by atoms with Crippen LogP contribution in [0.4, 0.5) is 0 Å². The largest absolute Gasteiger partial charge is 0.504 e. The SMILES string of the molecule is C=CCN1CCc2cc(OC)c(O)c3c2C1Cc1cc(O)c(OC)cc1-3. The minimum absolute atomic E-state index is 0.114. The van der Waals surface area contributed by atoms with Gasteiger partial charge in [0.2, 0.25) is 0 Å². The Balaban J connectivity index is 2.01. The summed E-state index contributed by atoms with van der Waals surface area (Å²) in [6, 6.07) is 5.65. The van der Waals surface area contributed by atoms with Gasteiger partial charge in [0.25, 0.3) is 0 Å². The second kappa shape index (κ2) is 6.25. The Morgan fingerprint density at radius 2 is 1.92 bits per heavy atom. The van der Waals surface area contributed by atoms with E-state index in [0.717, 1.165) is 48.2 Å². The van der Waals surface area contributed by atoms with Crippen molar-refractivity contribution < 1.29 is 19.7 Å². The first kappa shape index (κ1) is 16.8. The molecule has 1 aliphatic carbocycles. The van der Waals surface area contributed by atoms with Crippen LogP contribution >= 0.6 is 0 Å². The molecule has 0 aromatic heterocycles. The van der Waals surface area contributed by atoms with Crippen molar-refractivity contribution in [3.63, 3.8) is 0 Å². The Morgan fingerprint density at radius 1 is 1.15 bits per heavy atom. The van der Waals surface area contributed by atoms with Crippen molar-refractivity contribution in [3.05, 3.63) is 47.5 Å². The van der Waals surface area contributed by atoms with Crippen LogP contribution in [0.1, 0.15) is 22.7 Å². The van der Waals surface area contributed by atoms with E-state index in [1.165, 1.54) is 12.7 Å². The highest BCUT2D eigenvalue weighted by Crippen LogP contribution is 2.53. The third-order valence-corrected chi connectivity index (χ3v) is 5.50. The van der Waals surface area contributed by atoms with Gasteiger partial charge in [0.15, 0.2) is 23.0 Å². The maximum Gasteiger partial charge on any atom is 0.166 e. The van der Waals surface area contributed by atoms with E-state index in [2.05, 4.69) is 11.5 Å². The summed E-state index contributed by atoms with van der Waals surface area (Å²) in [4.78, 5) is 2.37. The monoisotopic (exact) mass is 353 g/mol. The van der Waals surface area contributed by atoms with Crippen LogP contribution in [0.5, 0.6) is 23.0 Å². The Labute approximate surface area is 153 Å². The normalized spacial score (nSPS) is 18.0. The number of hydrogen-bond acceptors (Lipinski definition) is 5. The third kappa shape index (κ3) is 2.35. The minimum atomic E-state index is 0.114. The average molecular weight is 353 g/mol. The number of ether oxygens (including phenoxy) is 2. The fourth-order valence-electron chi connectivity index (χ4n) is 4.33. The summed E-state index contributed by atoms with van der Waals surface area (Å²) in [5, 5.41) is 21.2. The van der Waals surface area contributed by atoms with Crippen LogP contribution in [-0.4, -0.2) is 42.4 Å². The molecule has 0 amide bonds. The number of benzene rings is 2. The average Bonchev–Trinajstić information content (AvgIpc) is 2.64. The van der Waals surface area contributed by atoms with Gasteiger partial charge in [-0.2, -0.15) is 0 Å². The summed E-state index contributed by atoms with van der Waals surface area (Å²) in [6.45, 7) is 5.59. The van der Waals surface area contributed by atoms with Crippen molar-refractivity contribution in [1.82, 2.24) is 4.90 Å². The third-order valence-electron chi connectivity index (χ3n) is 5.50. The fraction of sp³-hybridized carbons (Fsp3) is 0.333. The van der Waals surface area contributed by atoms with E-state index in [-0.39, 0.29) is 17.5 Å². The van der Waals surface area contributed by atoms with Gasteiger partial charge < -0.3 is 19.7 Å². The number of rotatable bonds is 4. The highest BCUT2D eigenvalue weighted by Gasteiger charge is 2.37. The maximum absolute atomic E-state index is 10.9. The molecule has 0 radical (unpaired) electrons. The van der Waals surface area contributed by atoms with E-state index >= 15 is 0 Å². The predicted molar refractivity (Wildman–Crippen MR) is 100 cm³/mol. The van der Waals surface area contributed by atoms with Crippen molar-refractivity contribution in [3.8, 4) is 34.1 Å². The van der Waals surface area contributed by atoms with Gasteiger partial charge in [-0.25, -0.2) is 0 Å². The summed E-state index contributed by atoms with van der Waals surface area (Å²) >= 11 is 0. The molecule has 2 aromatic rings. The van der Waals surface area contributed by atoms with Crippen LogP contribution in [0.3, 0.4) is 0 Å². The van der Waals surface area contributed by atoms with Gasteiger partial charge >= 0.3 is 0 Å². The number of aromatic hydroxyl groups is 2. The van der Waals surface area contributed by atoms with Crippen LogP contribution in [0, 0.1) is 0 Å². The van der Waals surface area contributed by atoms with E-state index in [1.54, 1.807) is 13.2 Å². The molecule has 0 spiro atoms. The van der Waals surface area contributed by atoms with Gasteiger partial charge in [-0.3, -0.25) is 4.90 Å². The molecule has 4 rings (SSSR count). The zero-order valence-electron chi connectivity index (χ0n) is 15.1. The Kier molecular flexibility index (Phi) is 4.04. The maximum atomic E-state index is 10.9. The summed E-state index contributed by atoms with van der Waals surface area (Å²) in [5.74, 6) is 1.14. The highest BCUT2D eigenvalue weighted by atomic mass is 16.5. The van der Waals surface area contributed by atoms with Gasteiger partial charge in [-0.1, -0.05) is 6.08 Å². The molecule has 1 atom stereocenters. The fourth-order valence-corrected chi connectivity index (χ4v) is 4.33. The Morgan fingerprint density at radius 3 is 2.62 bits per heavy atom. The molecule has 0 saturated heterocycles. The molecular weight excluding hydrogens is 330 g/mol. The number of hydrogen-bond donors (Lipinski definition) is 2. The molecule has 2 N–H and O–H groups in total. The smallest absolute Gasteiger partial charge is 0.166 e. The second-order valence-corrected chi connectivity index (χ2v) is 6.81. The van der Waals surface area contributed by atoms with Crippen LogP contribution in [0.2, 0.25) is 0 Å². The van der Waals surface area contributed by atoms with Crippen molar-refractivity contribution in [2.24, 2.45) is 0 Å². The van der Waals surface area contributed by atoms with Crippen molar-refractivity contribution >= 4 is 0 Å². The Bertz CT molecular complexity index is 890. The quantitative estimate of drug-likeness (QED) is 0.825. The van der Waals surface area contributed by atoms with E-state index in [1.807, 2.05) is 18.2 Å². The minimum Gasteiger partial charge on any atom is -0.504 e. The first-order valence-corrected chi connectivity index (χ1v) is 8.77. The van der Waals surface area contributed by atoms with Crippen molar-refractivity contribution in [2.75, 3.05) is 27.3 Å². The topological polar surface area (TPSA) is 62.2 Å². The lowest BCUT2D eigenvalue weighted by atomic mass is 9.76. The summed E-state index contributed by atoms with van der Waals surface area (Å²) < 4.78 is 10.7. The number of methoxy groups -OCH3 is 2. The molecular formula is C21H23NO4. The van der Waals surface area contributed by atoms with Crippen LogP contribution in [0.25, 0.3) is 11.1 Å². The molecule has 136 valence electrons. The molecule has 2 aliphatic rings. The highest BCUT2D eigenvalue weighted by molar-refractivity contribution is 5.84. The van der Waals surface area contributed by atoms with Crippen LogP contribution in [-0.2, 0) is 12.8 Å². The zero-order chi connectivity index (χ0) is 18.4.